The molecule has 1 aliphatic carbocycles. The van der Waals surface area contributed by atoms with E-state index in [-0.39, 0.29) is 11.5 Å². The molecule has 1 aromatic carbocycles. The van der Waals surface area contributed by atoms with E-state index in [4.69, 9.17) is 11.5 Å². The Kier molecular flexibility index (Phi) is 3.86. The molecule has 0 unspecified atom stereocenters. The van der Waals surface area contributed by atoms with Crippen molar-refractivity contribution in [2.75, 3.05) is 5.73 Å². The molecule has 6 nitrogen and oxygen atoms in total. The Hall–Kier alpha value is -2.18. The zero-order valence-corrected chi connectivity index (χ0v) is 13.7. The van der Waals surface area contributed by atoms with Crippen molar-refractivity contribution in [2.24, 2.45) is 5.73 Å². The second-order valence-corrected chi connectivity index (χ2v) is 6.93. The Morgan fingerprint density at radius 1 is 1.04 bits per heavy atom. The summed E-state index contributed by atoms with van der Waals surface area (Å²) in [7, 11) is 0. The first-order valence-electron chi connectivity index (χ1n) is 8.57. The summed E-state index contributed by atoms with van der Waals surface area (Å²) in [5.41, 5.74) is 14.7. The van der Waals surface area contributed by atoms with Gasteiger partial charge in [0.1, 0.15) is 5.82 Å². The number of nitrogens with zero attached hydrogens (tertiary/aromatic N) is 3. The molecule has 0 atom stereocenters. The maximum absolute atomic E-state index is 12.0. The minimum atomic E-state index is -0.342. The molecular weight excluding hydrogens is 302 g/mol. The Morgan fingerprint density at radius 3 is 2.54 bits per heavy atom. The Bertz CT molecular complexity index is 807. The van der Waals surface area contributed by atoms with Crippen LogP contribution < -0.4 is 17.2 Å². The molecular formula is C18H23N5O. The van der Waals surface area contributed by atoms with Gasteiger partial charge in [-0.05, 0) is 55.0 Å². The first-order chi connectivity index (χ1) is 11.6. The fraction of sp³-hybridized carbons (Fsp3) is 0.444. The highest BCUT2D eigenvalue weighted by atomic mass is 16.1. The summed E-state index contributed by atoms with van der Waals surface area (Å²) in [5, 5.41) is 0. The van der Waals surface area contributed by atoms with Crippen LogP contribution in [0.15, 0.2) is 35.3 Å². The molecule has 0 amide bonds. The lowest BCUT2D eigenvalue weighted by Crippen LogP contribution is -2.38. The number of benzene rings is 1. The molecule has 1 aromatic heterocycles. The van der Waals surface area contributed by atoms with Gasteiger partial charge in [0.15, 0.2) is 0 Å². The van der Waals surface area contributed by atoms with Crippen molar-refractivity contribution in [3.8, 4) is 5.69 Å². The van der Waals surface area contributed by atoms with Gasteiger partial charge in [0.2, 0.25) is 0 Å². The highest BCUT2D eigenvalue weighted by Crippen LogP contribution is 2.31. The minimum absolute atomic E-state index is 0.249. The van der Waals surface area contributed by atoms with E-state index >= 15 is 0 Å². The molecule has 4 N–H and O–H groups in total. The van der Waals surface area contributed by atoms with E-state index in [0.717, 1.165) is 31.6 Å². The van der Waals surface area contributed by atoms with E-state index in [1.54, 1.807) is 16.8 Å². The molecule has 4 rings (SSSR count). The predicted molar refractivity (Wildman–Crippen MR) is 93.7 cm³/mol. The highest BCUT2D eigenvalue weighted by molar-refractivity contribution is 5.43. The second-order valence-electron chi connectivity index (χ2n) is 6.93. The molecule has 0 saturated heterocycles. The Balaban J connectivity index is 1.56. The lowest BCUT2D eigenvalue weighted by molar-refractivity contribution is 0.150. The third-order valence-corrected chi connectivity index (χ3v) is 5.30. The van der Waals surface area contributed by atoms with E-state index in [9.17, 15) is 4.79 Å². The summed E-state index contributed by atoms with van der Waals surface area (Å²) in [6.07, 6.45) is 6.29. The summed E-state index contributed by atoms with van der Waals surface area (Å²) >= 11 is 0. The van der Waals surface area contributed by atoms with Crippen LogP contribution >= 0.6 is 0 Å². The third kappa shape index (κ3) is 2.83. The van der Waals surface area contributed by atoms with E-state index in [1.807, 2.05) is 6.07 Å². The molecule has 1 saturated carbocycles. The van der Waals surface area contributed by atoms with Crippen LogP contribution in [-0.2, 0) is 13.1 Å². The number of rotatable bonds is 2. The van der Waals surface area contributed by atoms with E-state index in [0.29, 0.717) is 12.1 Å². The van der Waals surface area contributed by atoms with E-state index in [1.165, 1.54) is 24.0 Å². The average molecular weight is 325 g/mol. The zero-order chi connectivity index (χ0) is 16.7. The molecule has 1 fully saturated rings. The largest absolute Gasteiger partial charge is 0.383 e. The topological polar surface area (TPSA) is 90.2 Å². The molecule has 6 heteroatoms. The maximum atomic E-state index is 12.0. The minimum Gasteiger partial charge on any atom is -0.383 e. The van der Waals surface area contributed by atoms with Crippen molar-refractivity contribution in [1.29, 1.82) is 0 Å². The number of nitrogens with two attached hydrogens (primary N) is 2. The fourth-order valence-electron chi connectivity index (χ4n) is 3.89. The maximum Gasteiger partial charge on any atom is 0.354 e. The standard InChI is InChI=1S/C18H23N5O/c19-14-2-5-15(6-3-14)22-10-12-1-4-16(9-13(12)11-22)23-8-7-17(20)21-18(23)24/h1,4,7-9,14-15H,2-3,5-6,10-11,19H2,(H2,20,21,24)/t14-,15-. The second kappa shape index (κ2) is 6.03. The SMILES string of the molecule is Nc1ccn(-c2ccc3c(c2)CN([C@H]2CC[C@H](N)CC2)C3)c(=O)n1. The molecule has 2 aromatic rings. The van der Waals surface area contributed by atoms with Crippen molar-refractivity contribution in [3.05, 3.63) is 52.1 Å². The van der Waals surface area contributed by atoms with Gasteiger partial charge in [-0.25, -0.2) is 4.79 Å². The molecule has 126 valence electrons. The van der Waals surface area contributed by atoms with Crippen LogP contribution in [-0.4, -0.2) is 26.5 Å². The molecule has 0 bridgehead atoms. The van der Waals surface area contributed by atoms with Crippen LogP contribution in [0.5, 0.6) is 0 Å². The summed E-state index contributed by atoms with van der Waals surface area (Å²) in [6.45, 7) is 1.94. The molecule has 2 heterocycles. The molecule has 1 aliphatic heterocycles. The van der Waals surface area contributed by atoms with Crippen LogP contribution in [0.4, 0.5) is 5.82 Å². The number of aromatic nitrogens is 2. The monoisotopic (exact) mass is 325 g/mol. The smallest absolute Gasteiger partial charge is 0.354 e. The van der Waals surface area contributed by atoms with Crippen LogP contribution in [0.3, 0.4) is 0 Å². The van der Waals surface area contributed by atoms with Gasteiger partial charge in [-0.1, -0.05) is 6.07 Å². The zero-order valence-electron chi connectivity index (χ0n) is 13.7. The van der Waals surface area contributed by atoms with Gasteiger partial charge in [-0.3, -0.25) is 9.47 Å². The fourth-order valence-corrected chi connectivity index (χ4v) is 3.89. The lowest BCUT2D eigenvalue weighted by Gasteiger charge is -2.33. The highest BCUT2D eigenvalue weighted by Gasteiger charge is 2.28. The lowest BCUT2D eigenvalue weighted by atomic mass is 9.91. The average Bonchev–Trinajstić information content (AvgIpc) is 2.98. The summed E-state index contributed by atoms with van der Waals surface area (Å²) in [5.74, 6) is 0.249. The van der Waals surface area contributed by atoms with Crippen molar-refractivity contribution in [1.82, 2.24) is 14.5 Å². The van der Waals surface area contributed by atoms with Crippen molar-refractivity contribution < 1.29 is 0 Å². The summed E-state index contributed by atoms with van der Waals surface area (Å²) < 4.78 is 1.54. The number of nitrogen functional groups attached to an aromatic ring is 1. The molecule has 0 radical (unpaired) electrons. The van der Waals surface area contributed by atoms with Gasteiger partial charge in [-0.15, -0.1) is 0 Å². The van der Waals surface area contributed by atoms with Gasteiger partial charge in [0, 0.05) is 31.4 Å². The van der Waals surface area contributed by atoms with Crippen LogP contribution in [0, 0.1) is 0 Å². The number of anilines is 1. The number of hydrogen-bond donors (Lipinski definition) is 2. The first-order valence-corrected chi connectivity index (χ1v) is 8.57. The van der Waals surface area contributed by atoms with Gasteiger partial charge in [0.05, 0.1) is 5.69 Å². The van der Waals surface area contributed by atoms with Crippen molar-refractivity contribution >= 4 is 5.82 Å². The third-order valence-electron chi connectivity index (χ3n) is 5.30. The van der Waals surface area contributed by atoms with Crippen LogP contribution in [0.25, 0.3) is 5.69 Å². The molecule has 0 spiro atoms. The van der Waals surface area contributed by atoms with E-state index in [2.05, 4.69) is 22.0 Å². The van der Waals surface area contributed by atoms with Gasteiger partial charge < -0.3 is 11.5 Å². The number of fused-ring (bicyclic) bond motifs is 1. The molecule has 24 heavy (non-hydrogen) atoms. The molecule has 2 aliphatic rings. The summed E-state index contributed by atoms with van der Waals surface area (Å²) in [4.78, 5) is 18.4. The Labute approximate surface area is 141 Å². The Morgan fingerprint density at radius 2 is 1.79 bits per heavy atom. The van der Waals surface area contributed by atoms with Crippen LogP contribution in [0.1, 0.15) is 36.8 Å². The quantitative estimate of drug-likeness (QED) is 0.871. The normalized spacial score (nSPS) is 24.0. The van der Waals surface area contributed by atoms with Gasteiger partial charge in [-0.2, -0.15) is 4.98 Å². The summed E-state index contributed by atoms with van der Waals surface area (Å²) in [6, 6.07) is 8.86. The van der Waals surface area contributed by atoms with Crippen molar-refractivity contribution in [2.45, 2.75) is 50.9 Å². The number of hydrogen-bond acceptors (Lipinski definition) is 5. The van der Waals surface area contributed by atoms with Gasteiger partial charge in [0.25, 0.3) is 0 Å². The van der Waals surface area contributed by atoms with Crippen LogP contribution in [0.2, 0.25) is 0 Å². The predicted octanol–water partition coefficient (Wildman–Crippen LogP) is 1.40. The van der Waals surface area contributed by atoms with E-state index < -0.39 is 0 Å². The van der Waals surface area contributed by atoms with Gasteiger partial charge >= 0.3 is 5.69 Å². The first kappa shape index (κ1) is 15.4. The van der Waals surface area contributed by atoms with Crippen molar-refractivity contribution in [3.63, 3.8) is 0 Å².